The highest BCUT2D eigenvalue weighted by atomic mass is 16.8. The standard InChI is InChI=1S/C72H104O29/c1-32-11-13-36(14-12-32)15-18-46(79)97-56-34(3)92-64(60(58(56)93-35(4)76)94-40-25-33(2)47(80)51(84)49(40)82)101-66(89)72-24-23-67(5,6)26-38(72)37-16-17-43-68(7)21-20-45(69(8,30-74)42(68)19-22-70(43,9)71(37,10)27-44(72)78)96-65-59(99-63-54(87)52(85)50(83)41(28-73)95-63)57(55(88)62(100-65)91-31-75)98-61-53(86)48(81)39(77)29-90-61/h11-18,30-31,33-34,37-45,47-65,73,77-78,80-88H,19-29H2,1-10H3/b18-15+/t33?,34?,37?,38-,39?,40?,41?,42+,43+,44+,45-,47?,48?,49?,50?,51?,52?,53?,54?,55?,56?,57?,58?,59?,60?,61?,62?,63?,64?,65?,68-,69-,70+,71+,72+/m0/s1. The van der Waals surface area contributed by atoms with Gasteiger partial charge in [0.05, 0.1) is 54.6 Å². The Morgan fingerprint density at radius 3 is 1.96 bits per heavy atom. The molecule has 101 heavy (non-hydrogen) atoms. The van der Waals surface area contributed by atoms with Crippen molar-refractivity contribution in [2.24, 2.45) is 62.1 Å². The predicted molar refractivity (Wildman–Crippen MR) is 345 cm³/mol. The lowest BCUT2D eigenvalue weighted by Gasteiger charge is -2.72. The molecule has 1 aromatic rings. The molecule has 0 radical (unpaired) electrons. The average Bonchev–Trinajstić information content (AvgIpc) is 0.663. The first-order valence-corrected chi connectivity index (χ1v) is 35.4. The minimum atomic E-state index is -2.04. The molecule has 0 bridgehead atoms. The molecule has 0 amide bonds. The Hall–Kier alpha value is -4.55. The molecule has 29 heteroatoms. The van der Waals surface area contributed by atoms with Gasteiger partial charge in [0.2, 0.25) is 12.6 Å². The van der Waals surface area contributed by atoms with Crippen molar-refractivity contribution >= 4 is 36.7 Å². The maximum absolute atomic E-state index is 16.0. The quantitative estimate of drug-likeness (QED) is 0.0237. The van der Waals surface area contributed by atoms with Gasteiger partial charge in [-0.1, -0.05) is 90.4 Å². The summed E-state index contributed by atoms with van der Waals surface area (Å²) in [5.74, 6) is -4.82. The maximum atomic E-state index is 16.0. The summed E-state index contributed by atoms with van der Waals surface area (Å²) in [6.45, 7) is 17.3. The first-order chi connectivity index (χ1) is 47.5. The van der Waals surface area contributed by atoms with Gasteiger partial charge in [0.1, 0.15) is 79.5 Å². The van der Waals surface area contributed by atoms with Crippen LogP contribution < -0.4 is 0 Å². The van der Waals surface area contributed by atoms with Gasteiger partial charge in [-0.2, -0.15) is 0 Å². The summed E-state index contributed by atoms with van der Waals surface area (Å²) in [6.07, 6.45) is -31.2. The number of aryl methyl sites for hydroxylation is 1. The molecule has 10 aliphatic rings. The van der Waals surface area contributed by atoms with Crippen LogP contribution in [0.4, 0.5) is 0 Å². The molecule has 1 aromatic carbocycles. The highest BCUT2D eigenvalue weighted by Crippen LogP contribution is 2.76. The number of carbonyl (C=O) groups is 5. The molecule has 35 atom stereocenters. The molecule has 29 nitrogen and oxygen atoms in total. The second kappa shape index (κ2) is 29.7. The lowest BCUT2D eigenvalue weighted by molar-refractivity contribution is -0.410. The number of hydrogen-bond acceptors (Lipinski definition) is 29. The smallest absolute Gasteiger partial charge is 0.331 e. The van der Waals surface area contributed by atoms with Gasteiger partial charge in [0.15, 0.2) is 37.2 Å². The molecule has 11 rings (SSSR count). The summed E-state index contributed by atoms with van der Waals surface area (Å²) in [4.78, 5) is 69.3. The summed E-state index contributed by atoms with van der Waals surface area (Å²) in [5, 5.41) is 133. The average molecular weight is 1430 g/mol. The van der Waals surface area contributed by atoms with Crippen LogP contribution in [-0.2, 0) is 80.8 Å². The second-order valence-corrected chi connectivity index (χ2v) is 32.1. The zero-order valence-corrected chi connectivity index (χ0v) is 58.7. The van der Waals surface area contributed by atoms with Crippen LogP contribution in [0.15, 0.2) is 42.5 Å². The lowest BCUT2D eigenvalue weighted by atomic mass is 9.32. The van der Waals surface area contributed by atoms with Crippen LogP contribution >= 0.6 is 0 Å². The van der Waals surface area contributed by atoms with Gasteiger partial charge in [-0.25, -0.2) is 4.79 Å². The van der Waals surface area contributed by atoms with Crippen LogP contribution in [0.1, 0.15) is 131 Å². The Morgan fingerprint density at radius 2 is 1.29 bits per heavy atom. The molecule has 9 fully saturated rings. The Kier molecular flexibility index (Phi) is 22.8. The Morgan fingerprint density at radius 1 is 0.614 bits per heavy atom. The van der Waals surface area contributed by atoms with Gasteiger partial charge >= 0.3 is 17.9 Å². The number of aliphatic hydroxyl groups is 12. The Bertz CT molecular complexity index is 3170. The molecule has 566 valence electrons. The highest BCUT2D eigenvalue weighted by molar-refractivity contribution is 5.87. The third-order valence-electron chi connectivity index (χ3n) is 25.5. The van der Waals surface area contributed by atoms with E-state index in [1.807, 2.05) is 31.2 Å². The zero-order chi connectivity index (χ0) is 73.5. The monoisotopic (exact) mass is 1430 g/mol. The van der Waals surface area contributed by atoms with E-state index in [2.05, 4.69) is 46.8 Å². The van der Waals surface area contributed by atoms with E-state index in [1.165, 1.54) is 6.08 Å². The van der Waals surface area contributed by atoms with E-state index in [-0.39, 0.29) is 49.4 Å². The zero-order valence-electron chi connectivity index (χ0n) is 58.7. The summed E-state index contributed by atoms with van der Waals surface area (Å²) in [7, 11) is 0. The first kappa shape index (κ1) is 77.5. The Labute approximate surface area is 586 Å². The van der Waals surface area contributed by atoms with E-state index in [0.29, 0.717) is 37.7 Å². The molecular formula is C72H104O29. The van der Waals surface area contributed by atoms with Gasteiger partial charge in [-0.3, -0.25) is 14.4 Å². The fourth-order valence-electron chi connectivity index (χ4n) is 19.5. The fraction of sp³-hybridized carbons (Fsp3) is 0.792. The summed E-state index contributed by atoms with van der Waals surface area (Å²) < 4.78 is 73.6. The number of carbonyl (C=O) groups excluding carboxylic acids is 5. The summed E-state index contributed by atoms with van der Waals surface area (Å²) in [6, 6.07) is 7.37. The third kappa shape index (κ3) is 13.9. The van der Waals surface area contributed by atoms with E-state index in [4.69, 9.17) is 56.8 Å². The van der Waals surface area contributed by atoms with E-state index >= 15 is 4.79 Å². The second-order valence-electron chi connectivity index (χ2n) is 32.1. The molecular weight excluding hydrogens is 1330 g/mol. The third-order valence-corrected chi connectivity index (χ3v) is 25.5. The SMILES string of the molecule is CC(=O)OC1C(OC(=O)/C=C/c2ccc(C)cc2)C(C)OC(OC(=O)[C@]23CCC(C)(C)C[C@H]2C2C=C[C@@H]4[C@@]5(C)CC[C@H](OC6OC(OC=O)C(O)C(OC7OCC(O)C(O)C7O)C6OC6OC(CO)C(O)C(O)C6O)[C@@](C)(C=O)[C@@H]5CC[C@@]4(C)[C@]2(C)C[C@H]3O)C1OC1CC(C)C(O)C(O)C1O. The summed E-state index contributed by atoms with van der Waals surface area (Å²) >= 11 is 0. The van der Waals surface area contributed by atoms with E-state index in [1.54, 1.807) is 26.8 Å². The molecule has 0 aromatic heterocycles. The van der Waals surface area contributed by atoms with Crippen molar-refractivity contribution in [3.63, 3.8) is 0 Å². The van der Waals surface area contributed by atoms with Gasteiger partial charge < -0.3 is 123 Å². The van der Waals surface area contributed by atoms with Crippen molar-refractivity contribution in [3.8, 4) is 0 Å². The molecule has 12 N–H and O–H groups in total. The number of allylic oxidation sites excluding steroid dienone is 2. The van der Waals surface area contributed by atoms with Crippen LogP contribution in [0.2, 0.25) is 0 Å². The first-order valence-electron chi connectivity index (χ1n) is 35.4. The van der Waals surface area contributed by atoms with Crippen molar-refractivity contribution in [1.82, 2.24) is 0 Å². The number of hydrogen-bond donors (Lipinski definition) is 12. The van der Waals surface area contributed by atoms with Gasteiger partial charge in [-0.15, -0.1) is 0 Å². The highest BCUT2D eigenvalue weighted by Gasteiger charge is 2.74. The number of aliphatic hydroxyl groups excluding tert-OH is 12. The number of fused-ring (bicyclic) bond motifs is 7. The van der Waals surface area contributed by atoms with Crippen LogP contribution in [0.5, 0.6) is 0 Å². The fourth-order valence-corrected chi connectivity index (χ4v) is 19.5. The van der Waals surface area contributed by atoms with Crippen LogP contribution in [0, 0.1) is 69.0 Å². The predicted octanol–water partition coefficient (Wildman–Crippen LogP) is 0.434. The van der Waals surface area contributed by atoms with E-state index in [0.717, 1.165) is 18.8 Å². The molecule has 5 saturated carbocycles. The number of ether oxygens (including phenoxy) is 12. The largest absolute Gasteiger partial charge is 0.455 e. The van der Waals surface area contributed by atoms with Gasteiger partial charge in [0, 0.05) is 13.0 Å². The molecule has 4 saturated heterocycles. The van der Waals surface area contributed by atoms with Gasteiger partial charge in [0.25, 0.3) is 6.47 Å². The number of aldehydes is 1. The van der Waals surface area contributed by atoms with E-state index in [9.17, 15) is 80.5 Å². The number of benzene rings is 1. The molecule has 6 aliphatic carbocycles. The minimum absolute atomic E-state index is 0.0210. The van der Waals surface area contributed by atoms with Crippen molar-refractivity contribution in [2.45, 2.75) is 281 Å². The van der Waals surface area contributed by atoms with Crippen LogP contribution in [0.25, 0.3) is 6.08 Å². The normalized spacial score (nSPS) is 49.5. The van der Waals surface area contributed by atoms with Crippen molar-refractivity contribution in [1.29, 1.82) is 0 Å². The van der Waals surface area contributed by atoms with Crippen molar-refractivity contribution < 1.29 is 142 Å². The molecule has 4 heterocycles. The minimum Gasteiger partial charge on any atom is -0.455 e. The maximum Gasteiger partial charge on any atom is 0.331 e. The summed E-state index contributed by atoms with van der Waals surface area (Å²) in [5.41, 5.74) is -3.75. The van der Waals surface area contributed by atoms with Gasteiger partial charge in [-0.05, 0) is 135 Å². The van der Waals surface area contributed by atoms with Crippen LogP contribution in [-0.4, -0.2) is 259 Å². The Balaban J connectivity index is 0.891. The van der Waals surface area contributed by atoms with Crippen molar-refractivity contribution in [3.05, 3.63) is 53.6 Å². The molecule has 25 unspecified atom stereocenters. The lowest BCUT2D eigenvalue weighted by Crippen LogP contribution is -2.70. The number of rotatable bonds is 18. The number of esters is 3. The van der Waals surface area contributed by atoms with Crippen molar-refractivity contribution in [2.75, 3.05) is 13.2 Å². The molecule has 4 aliphatic heterocycles. The molecule has 0 spiro atoms. The topological polar surface area (TPSA) is 439 Å². The van der Waals surface area contributed by atoms with Crippen LogP contribution in [0.3, 0.4) is 0 Å². The van der Waals surface area contributed by atoms with E-state index < -0.39 is 229 Å².